The second-order valence-corrected chi connectivity index (χ2v) is 4.95. The fourth-order valence-electron chi connectivity index (χ4n) is 1.57. The van der Waals surface area contributed by atoms with Gasteiger partial charge in [-0.3, -0.25) is 15.1 Å². The van der Waals surface area contributed by atoms with Crippen LogP contribution in [-0.4, -0.2) is 22.4 Å². The molecule has 0 saturated carbocycles. The van der Waals surface area contributed by atoms with Gasteiger partial charge >= 0.3 is 0 Å². The second-order valence-electron chi connectivity index (χ2n) is 4.10. The Kier molecular flexibility index (Phi) is 4.46. The molecule has 2 heterocycles. The van der Waals surface area contributed by atoms with E-state index in [1.807, 2.05) is 12.3 Å². The van der Waals surface area contributed by atoms with Crippen LogP contribution < -0.4 is 10.6 Å². The molecule has 2 aromatic heterocycles. The number of anilines is 2. The summed E-state index contributed by atoms with van der Waals surface area (Å²) in [6.07, 6.45) is 4.23. The van der Waals surface area contributed by atoms with Crippen LogP contribution in [0.15, 0.2) is 23.8 Å². The number of thiazole rings is 1. The van der Waals surface area contributed by atoms with Crippen LogP contribution in [-0.2, 0) is 0 Å². The first-order valence-electron chi connectivity index (χ1n) is 6.12. The molecule has 0 aliphatic heterocycles. The second kappa shape index (κ2) is 6.29. The standard InChI is InChI=1S/C13H16N4OS/c1-3-5-15-11-4-6-14-7-10(11)12(18)17-13-16-9(2)8-19-13/h4,6-8H,3,5H2,1-2H3,(H,14,15)(H,16,17,18). The van der Waals surface area contributed by atoms with E-state index in [0.717, 1.165) is 24.3 Å². The third-order valence-electron chi connectivity index (χ3n) is 2.47. The zero-order valence-corrected chi connectivity index (χ0v) is 11.8. The minimum atomic E-state index is -0.193. The number of hydrogen-bond donors (Lipinski definition) is 2. The first-order chi connectivity index (χ1) is 9.20. The molecule has 5 nitrogen and oxygen atoms in total. The van der Waals surface area contributed by atoms with Crippen LogP contribution in [0, 0.1) is 6.92 Å². The third kappa shape index (κ3) is 3.51. The van der Waals surface area contributed by atoms with Crippen LogP contribution in [0.1, 0.15) is 29.4 Å². The number of aromatic nitrogens is 2. The molecule has 100 valence electrons. The molecule has 0 spiro atoms. The number of rotatable bonds is 5. The highest BCUT2D eigenvalue weighted by atomic mass is 32.1. The molecule has 0 saturated heterocycles. The summed E-state index contributed by atoms with van der Waals surface area (Å²) in [5.74, 6) is -0.193. The number of aryl methyl sites for hydroxylation is 1. The van der Waals surface area contributed by atoms with Crippen molar-refractivity contribution in [3.8, 4) is 0 Å². The molecule has 2 aromatic rings. The predicted octanol–water partition coefficient (Wildman–Crippen LogP) is 2.92. The summed E-state index contributed by atoms with van der Waals surface area (Å²) in [7, 11) is 0. The van der Waals surface area contributed by atoms with E-state index in [1.54, 1.807) is 18.5 Å². The Hall–Kier alpha value is -1.95. The average molecular weight is 276 g/mol. The number of nitrogens with one attached hydrogen (secondary N) is 2. The first kappa shape index (κ1) is 13.5. The van der Waals surface area contributed by atoms with Crippen LogP contribution in [0.25, 0.3) is 0 Å². The topological polar surface area (TPSA) is 66.9 Å². The monoisotopic (exact) mass is 276 g/mol. The van der Waals surface area contributed by atoms with E-state index in [9.17, 15) is 4.79 Å². The molecular formula is C13H16N4OS. The van der Waals surface area contributed by atoms with Crippen molar-refractivity contribution in [2.75, 3.05) is 17.2 Å². The summed E-state index contributed by atoms with van der Waals surface area (Å²) in [6.45, 7) is 4.79. The Morgan fingerprint density at radius 1 is 1.47 bits per heavy atom. The van der Waals surface area contributed by atoms with E-state index in [2.05, 4.69) is 27.5 Å². The van der Waals surface area contributed by atoms with Crippen LogP contribution in [0.5, 0.6) is 0 Å². The summed E-state index contributed by atoms with van der Waals surface area (Å²) in [5, 5.41) is 8.50. The molecule has 0 radical (unpaired) electrons. The zero-order valence-electron chi connectivity index (χ0n) is 10.9. The molecule has 0 fully saturated rings. The lowest BCUT2D eigenvalue weighted by molar-refractivity contribution is 0.102. The van der Waals surface area contributed by atoms with Gasteiger partial charge in [0.25, 0.3) is 5.91 Å². The van der Waals surface area contributed by atoms with Gasteiger partial charge in [-0.25, -0.2) is 4.98 Å². The molecule has 19 heavy (non-hydrogen) atoms. The lowest BCUT2D eigenvalue weighted by Crippen LogP contribution is -2.15. The molecule has 0 bridgehead atoms. The maximum atomic E-state index is 12.2. The van der Waals surface area contributed by atoms with Gasteiger partial charge in [-0.1, -0.05) is 6.92 Å². The Labute approximate surface area is 116 Å². The van der Waals surface area contributed by atoms with Crippen molar-refractivity contribution >= 4 is 28.1 Å². The highest BCUT2D eigenvalue weighted by Crippen LogP contribution is 2.18. The normalized spacial score (nSPS) is 10.2. The molecule has 6 heteroatoms. The van der Waals surface area contributed by atoms with E-state index in [4.69, 9.17) is 0 Å². The van der Waals surface area contributed by atoms with Gasteiger partial charge in [-0.2, -0.15) is 0 Å². The quantitative estimate of drug-likeness (QED) is 0.881. The molecule has 1 amide bonds. The molecular weight excluding hydrogens is 260 g/mol. The van der Waals surface area contributed by atoms with E-state index in [-0.39, 0.29) is 5.91 Å². The number of nitrogens with zero attached hydrogens (tertiary/aromatic N) is 2. The molecule has 2 N–H and O–H groups in total. The van der Waals surface area contributed by atoms with Gasteiger partial charge in [-0.15, -0.1) is 11.3 Å². The van der Waals surface area contributed by atoms with Crippen molar-refractivity contribution in [2.45, 2.75) is 20.3 Å². The van der Waals surface area contributed by atoms with Crippen molar-refractivity contribution in [1.82, 2.24) is 9.97 Å². The van der Waals surface area contributed by atoms with Gasteiger partial charge in [0, 0.05) is 24.3 Å². The smallest absolute Gasteiger partial charge is 0.261 e. The summed E-state index contributed by atoms with van der Waals surface area (Å²) >= 11 is 1.41. The van der Waals surface area contributed by atoms with E-state index >= 15 is 0 Å². The van der Waals surface area contributed by atoms with Gasteiger partial charge in [-0.05, 0) is 19.4 Å². The number of carbonyl (C=O) groups is 1. The number of amides is 1. The molecule has 0 aliphatic carbocycles. The first-order valence-corrected chi connectivity index (χ1v) is 7.00. The Bertz CT molecular complexity index is 567. The maximum absolute atomic E-state index is 12.2. The van der Waals surface area contributed by atoms with Crippen molar-refractivity contribution in [2.24, 2.45) is 0 Å². The predicted molar refractivity (Wildman–Crippen MR) is 77.8 cm³/mol. The van der Waals surface area contributed by atoms with Crippen LogP contribution in [0.3, 0.4) is 0 Å². The van der Waals surface area contributed by atoms with E-state index < -0.39 is 0 Å². The Morgan fingerprint density at radius 2 is 2.32 bits per heavy atom. The van der Waals surface area contributed by atoms with Crippen LogP contribution >= 0.6 is 11.3 Å². The third-order valence-corrected chi connectivity index (χ3v) is 3.35. The van der Waals surface area contributed by atoms with E-state index in [0.29, 0.717) is 10.7 Å². The molecule has 2 rings (SSSR count). The Morgan fingerprint density at radius 3 is 3.00 bits per heavy atom. The number of pyridine rings is 1. The summed E-state index contributed by atoms with van der Waals surface area (Å²) in [6, 6.07) is 1.80. The number of carbonyl (C=O) groups excluding carboxylic acids is 1. The highest BCUT2D eigenvalue weighted by Gasteiger charge is 2.12. The number of hydrogen-bond acceptors (Lipinski definition) is 5. The van der Waals surface area contributed by atoms with Crippen molar-refractivity contribution in [3.63, 3.8) is 0 Å². The van der Waals surface area contributed by atoms with Crippen molar-refractivity contribution < 1.29 is 4.79 Å². The summed E-state index contributed by atoms with van der Waals surface area (Å²) in [4.78, 5) is 20.4. The SMILES string of the molecule is CCCNc1ccncc1C(=O)Nc1nc(C)cs1. The van der Waals surface area contributed by atoms with Crippen molar-refractivity contribution in [1.29, 1.82) is 0 Å². The summed E-state index contributed by atoms with van der Waals surface area (Å²) in [5.41, 5.74) is 2.22. The minimum Gasteiger partial charge on any atom is -0.384 e. The van der Waals surface area contributed by atoms with Gasteiger partial charge in [0.1, 0.15) is 0 Å². The highest BCUT2D eigenvalue weighted by molar-refractivity contribution is 7.13. The molecule has 0 aliphatic rings. The lowest BCUT2D eigenvalue weighted by Gasteiger charge is -2.09. The fraction of sp³-hybridized carbons (Fsp3) is 0.308. The van der Waals surface area contributed by atoms with Gasteiger partial charge in [0.05, 0.1) is 16.9 Å². The van der Waals surface area contributed by atoms with Gasteiger partial charge in [0.2, 0.25) is 0 Å². The fourth-order valence-corrected chi connectivity index (χ4v) is 2.25. The molecule has 0 atom stereocenters. The van der Waals surface area contributed by atoms with E-state index in [1.165, 1.54) is 11.3 Å². The van der Waals surface area contributed by atoms with Crippen LogP contribution in [0.4, 0.5) is 10.8 Å². The zero-order chi connectivity index (χ0) is 13.7. The summed E-state index contributed by atoms with van der Waals surface area (Å²) < 4.78 is 0. The van der Waals surface area contributed by atoms with Crippen LogP contribution in [0.2, 0.25) is 0 Å². The van der Waals surface area contributed by atoms with Gasteiger partial charge < -0.3 is 5.32 Å². The van der Waals surface area contributed by atoms with Gasteiger partial charge in [0.15, 0.2) is 5.13 Å². The largest absolute Gasteiger partial charge is 0.384 e. The average Bonchev–Trinajstić information content (AvgIpc) is 2.82. The minimum absolute atomic E-state index is 0.193. The Balaban J connectivity index is 2.14. The molecule has 0 unspecified atom stereocenters. The van der Waals surface area contributed by atoms with Crippen molar-refractivity contribution in [3.05, 3.63) is 35.1 Å². The molecule has 0 aromatic carbocycles. The maximum Gasteiger partial charge on any atom is 0.261 e. The lowest BCUT2D eigenvalue weighted by atomic mass is 10.2.